The Balaban J connectivity index is 1.73. The minimum Gasteiger partial charge on any atom is -0.497 e. The number of thiocarbonyl (C=S) groups is 1. The van der Waals surface area contributed by atoms with Gasteiger partial charge in [-0.1, -0.05) is 30.3 Å². The van der Waals surface area contributed by atoms with Crippen LogP contribution >= 0.6 is 12.2 Å². The molecule has 3 heterocycles. The molecule has 2 unspecified atom stereocenters. The minimum atomic E-state index is -0.258. The summed E-state index contributed by atoms with van der Waals surface area (Å²) in [5.41, 5.74) is 4.52. The van der Waals surface area contributed by atoms with Crippen molar-refractivity contribution in [3.8, 4) is 5.75 Å². The number of para-hydroxylation sites is 1. The van der Waals surface area contributed by atoms with Crippen LogP contribution in [0.1, 0.15) is 29.8 Å². The van der Waals surface area contributed by atoms with Gasteiger partial charge in [0, 0.05) is 29.6 Å². The molecule has 3 aromatic rings. The molecule has 1 aromatic heterocycles. The lowest BCUT2D eigenvalue weighted by Crippen LogP contribution is -2.44. The average molecular weight is 391 g/mol. The fourth-order valence-electron chi connectivity index (χ4n) is 4.55. The first-order valence-corrected chi connectivity index (χ1v) is 9.92. The Labute approximate surface area is 168 Å². The maximum absolute atomic E-state index is 13.1. The molecule has 5 rings (SSSR count). The molecule has 6 heteroatoms. The Morgan fingerprint density at radius 2 is 1.93 bits per heavy atom. The number of amides is 1. The lowest BCUT2D eigenvalue weighted by molar-refractivity contribution is -0.128. The molecule has 142 valence electrons. The maximum atomic E-state index is 13.1. The number of aromatic nitrogens is 1. The maximum Gasteiger partial charge on any atom is 0.251 e. The van der Waals surface area contributed by atoms with Gasteiger partial charge in [0.25, 0.3) is 5.91 Å². The zero-order valence-electron chi connectivity index (χ0n) is 15.8. The highest BCUT2D eigenvalue weighted by atomic mass is 32.1. The van der Waals surface area contributed by atoms with Gasteiger partial charge in [-0.2, -0.15) is 0 Å². The van der Waals surface area contributed by atoms with Crippen LogP contribution in [0, 0.1) is 0 Å². The number of likely N-dealkylation sites (N-methyl/N-ethyl adjacent to an activating group) is 1. The van der Waals surface area contributed by atoms with Gasteiger partial charge in [-0.15, -0.1) is 0 Å². The summed E-state index contributed by atoms with van der Waals surface area (Å²) in [4.78, 5) is 20.5. The molecular formula is C22H21N3O2S. The number of H-pyrrole nitrogens is 1. The van der Waals surface area contributed by atoms with Crippen molar-refractivity contribution in [2.45, 2.75) is 25.4 Å². The number of rotatable bonds is 3. The zero-order chi connectivity index (χ0) is 19.4. The second-order valence-corrected chi connectivity index (χ2v) is 7.60. The number of nitrogens with zero attached hydrogens (tertiary/aromatic N) is 2. The normalized spacial score (nSPS) is 21.2. The van der Waals surface area contributed by atoms with E-state index in [1.165, 1.54) is 10.9 Å². The van der Waals surface area contributed by atoms with Crippen molar-refractivity contribution >= 4 is 34.1 Å². The molecule has 2 aliphatic heterocycles. The Morgan fingerprint density at radius 3 is 2.64 bits per heavy atom. The van der Waals surface area contributed by atoms with Gasteiger partial charge < -0.3 is 14.6 Å². The van der Waals surface area contributed by atoms with E-state index in [4.69, 9.17) is 17.0 Å². The third kappa shape index (κ3) is 2.31. The number of aromatic amines is 1. The van der Waals surface area contributed by atoms with Gasteiger partial charge in [-0.25, -0.2) is 0 Å². The molecular weight excluding hydrogens is 370 g/mol. The number of hydrogen-bond acceptors (Lipinski definition) is 3. The van der Waals surface area contributed by atoms with Gasteiger partial charge in [-0.3, -0.25) is 9.69 Å². The summed E-state index contributed by atoms with van der Waals surface area (Å²) in [6.07, 6.45) is 0.668. The zero-order valence-corrected chi connectivity index (χ0v) is 16.6. The number of carbonyl (C=O) groups excluding carboxylic acids is 1. The molecule has 0 aliphatic carbocycles. The Morgan fingerprint density at radius 1 is 1.18 bits per heavy atom. The molecule has 1 amide bonds. The van der Waals surface area contributed by atoms with Gasteiger partial charge in [0.2, 0.25) is 0 Å². The predicted molar refractivity (Wildman–Crippen MR) is 112 cm³/mol. The quantitative estimate of drug-likeness (QED) is 0.693. The molecule has 1 saturated heterocycles. The van der Waals surface area contributed by atoms with E-state index in [0.29, 0.717) is 18.1 Å². The molecule has 2 atom stereocenters. The first kappa shape index (κ1) is 17.3. The van der Waals surface area contributed by atoms with E-state index in [2.05, 4.69) is 34.1 Å². The SMILES string of the molecule is CCN1C(=O)C2Cc3c([nH]c4ccccc34)C(c3ccc(OC)cc3)N2C1=S. The number of hydrogen-bond donors (Lipinski definition) is 1. The van der Waals surface area contributed by atoms with Crippen LogP contribution in [0.4, 0.5) is 0 Å². The van der Waals surface area contributed by atoms with Crippen LogP contribution in [0.5, 0.6) is 5.75 Å². The van der Waals surface area contributed by atoms with Crippen LogP contribution in [0.2, 0.25) is 0 Å². The highest BCUT2D eigenvalue weighted by Gasteiger charge is 2.49. The predicted octanol–water partition coefficient (Wildman–Crippen LogP) is 3.64. The monoisotopic (exact) mass is 391 g/mol. The summed E-state index contributed by atoms with van der Waals surface area (Å²) < 4.78 is 5.32. The van der Waals surface area contributed by atoms with E-state index < -0.39 is 0 Å². The molecule has 1 fully saturated rings. The molecule has 0 bridgehead atoms. The molecule has 2 aromatic carbocycles. The third-order valence-corrected chi connectivity index (χ3v) is 6.31. The molecule has 0 radical (unpaired) electrons. The number of ether oxygens (including phenoxy) is 1. The molecule has 0 spiro atoms. The van der Waals surface area contributed by atoms with E-state index in [0.717, 1.165) is 22.5 Å². The molecule has 1 N–H and O–H groups in total. The van der Waals surface area contributed by atoms with Gasteiger partial charge in [0.15, 0.2) is 5.11 Å². The van der Waals surface area contributed by atoms with Crippen LogP contribution in [-0.2, 0) is 11.2 Å². The fourth-order valence-corrected chi connectivity index (χ4v) is 5.00. The lowest BCUT2D eigenvalue weighted by Gasteiger charge is -2.37. The van der Waals surface area contributed by atoms with E-state index in [-0.39, 0.29) is 18.0 Å². The smallest absolute Gasteiger partial charge is 0.251 e. The van der Waals surface area contributed by atoms with Crippen molar-refractivity contribution in [3.05, 3.63) is 65.4 Å². The lowest BCUT2D eigenvalue weighted by atomic mass is 9.89. The van der Waals surface area contributed by atoms with Crippen molar-refractivity contribution in [2.24, 2.45) is 0 Å². The molecule has 2 aliphatic rings. The van der Waals surface area contributed by atoms with E-state index in [9.17, 15) is 4.79 Å². The van der Waals surface area contributed by atoms with Crippen LogP contribution in [0.15, 0.2) is 48.5 Å². The number of benzene rings is 2. The van der Waals surface area contributed by atoms with E-state index in [1.54, 1.807) is 12.0 Å². The van der Waals surface area contributed by atoms with Gasteiger partial charge >= 0.3 is 0 Å². The van der Waals surface area contributed by atoms with Crippen molar-refractivity contribution in [1.82, 2.24) is 14.8 Å². The molecule has 5 nitrogen and oxygen atoms in total. The first-order chi connectivity index (χ1) is 13.6. The largest absolute Gasteiger partial charge is 0.497 e. The second kappa shape index (κ2) is 6.34. The average Bonchev–Trinajstić information content (AvgIpc) is 3.21. The number of nitrogens with one attached hydrogen (secondary N) is 1. The third-order valence-electron chi connectivity index (χ3n) is 5.88. The fraction of sp³-hybridized carbons (Fsp3) is 0.273. The van der Waals surface area contributed by atoms with Gasteiger partial charge in [0.1, 0.15) is 11.8 Å². The number of fused-ring (bicyclic) bond motifs is 4. The summed E-state index contributed by atoms with van der Waals surface area (Å²) in [6.45, 7) is 2.56. The topological polar surface area (TPSA) is 48.6 Å². The van der Waals surface area contributed by atoms with Crippen molar-refractivity contribution in [1.29, 1.82) is 0 Å². The summed E-state index contributed by atoms with van der Waals surface area (Å²) in [5, 5.41) is 1.80. The summed E-state index contributed by atoms with van der Waals surface area (Å²) in [7, 11) is 1.66. The van der Waals surface area contributed by atoms with Crippen LogP contribution in [0.25, 0.3) is 10.9 Å². The summed E-state index contributed by atoms with van der Waals surface area (Å²) >= 11 is 5.74. The van der Waals surface area contributed by atoms with Gasteiger partial charge in [-0.05, 0) is 48.5 Å². The Hall–Kier alpha value is -2.86. The van der Waals surface area contributed by atoms with Gasteiger partial charge in [0.05, 0.1) is 13.2 Å². The van der Waals surface area contributed by atoms with E-state index in [1.807, 2.05) is 31.2 Å². The second-order valence-electron chi connectivity index (χ2n) is 7.23. The number of methoxy groups -OCH3 is 1. The van der Waals surface area contributed by atoms with Crippen molar-refractivity contribution in [3.63, 3.8) is 0 Å². The Bertz CT molecular complexity index is 1090. The van der Waals surface area contributed by atoms with E-state index >= 15 is 0 Å². The number of carbonyl (C=O) groups is 1. The standard InChI is InChI=1S/C22H21N3O2S/c1-3-24-21(26)18-12-16-15-6-4-5-7-17(15)23-19(16)20(25(18)22(24)28)13-8-10-14(27-2)11-9-13/h4-11,18,20,23H,3,12H2,1-2H3. The highest BCUT2D eigenvalue weighted by Crippen LogP contribution is 2.44. The van der Waals surface area contributed by atoms with Crippen LogP contribution in [-0.4, -0.2) is 45.5 Å². The van der Waals surface area contributed by atoms with Crippen molar-refractivity contribution < 1.29 is 9.53 Å². The Kier molecular flexibility index (Phi) is 3.91. The summed E-state index contributed by atoms with van der Waals surface area (Å²) in [5.74, 6) is 0.908. The molecule has 28 heavy (non-hydrogen) atoms. The highest BCUT2D eigenvalue weighted by molar-refractivity contribution is 7.80. The minimum absolute atomic E-state index is 0.0990. The summed E-state index contributed by atoms with van der Waals surface area (Å²) in [6, 6.07) is 15.9. The molecule has 0 saturated carbocycles. The van der Waals surface area contributed by atoms with Crippen LogP contribution in [0.3, 0.4) is 0 Å². The first-order valence-electron chi connectivity index (χ1n) is 9.51. The van der Waals surface area contributed by atoms with Crippen molar-refractivity contribution in [2.75, 3.05) is 13.7 Å². The van der Waals surface area contributed by atoms with Crippen LogP contribution < -0.4 is 4.74 Å².